The quantitative estimate of drug-likeness (QED) is 0.184. The molecule has 8 nitrogen and oxygen atoms in total. The molecule has 10 heteroatoms. The van der Waals surface area contributed by atoms with Crippen LogP contribution in [-0.4, -0.2) is 28.7 Å². The molecule has 4 amide bonds. The monoisotopic (exact) mass is 680 g/mol. The highest BCUT2D eigenvalue weighted by Gasteiger charge is 2.71. The average molecular weight is 682 g/mol. The number of rotatable bonds is 5. The van der Waals surface area contributed by atoms with Gasteiger partial charge in [-0.3, -0.25) is 19.2 Å². The lowest BCUT2D eigenvalue weighted by Crippen LogP contribution is -2.53. The van der Waals surface area contributed by atoms with Crippen molar-refractivity contribution >= 4 is 58.2 Å². The first-order valence-corrected chi connectivity index (χ1v) is 16.6. The number of hydrogen-bond acceptors (Lipinski definition) is 6. The SMILES string of the molecule is Cc1ccc(N2C(=O)[C@H]3[C@H](CC=C4[C@H]3C[C@H]3C(=O)N(c5cccc(Cl)c5)C(=O)[C@@]3(c3ccccc3)[C@H]4c3ccc(CO)o3)C2=O)cc1Cl. The Morgan fingerprint density at radius 2 is 1.60 bits per heavy atom. The molecule has 1 N–H and O–H groups in total. The lowest BCUT2D eigenvalue weighted by Gasteiger charge is -2.49. The maximum Gasteiger partial charge on any atom is 0.246 e. The van der Waals surface area contributed by atoms with E-state index >= 15 is 4.79 Å². The molecule has 242 valence electrons. The van der Waals surface area contributed by atoms with Crippen LogP contribution in [0.15, 0.2) is 101 Å². The molecule has 2 aliphatic carbocycles. The van der Waals surface area contributed by atoms with Gasteiger partial charge in [0.1, 0.15) is 23.5 Å². The van der Waals surface area contributed by atoms with E-state index in [1.807, 2.05) is 43.3 Å². The van der Waals surface area contributed by atoms with Crippen LogP contribution >= 0.6 is 23.2 Å². The first kappa shape index (κ1) is 30.8. The molecule has 3 heterocycles. The number of carbonyl (C=O) groups excluding carboxylic acids is 4. The van der Waals surface area contributed by atoms with Crippen molar-refractivity contribution in [3.05, 3.63) is 129 Å². The van der Waals surface area contributed by atoms with E-state index in [9.17, 15) is 19.5 Å². The number of carbonyl (C=O) groups is 4. The van der Waals surface area contributed by atoms with Gasteiger partial charge >= 0.3 is 0 Å². The topological polar surface area (TPSA) is 108 Å². The van der Waals surface area contributed by atoms with E-state index < -0.39 is 46.8 Å². The molecule has 0 unspecified atom stereocenters. The van der Waals surface area contributed by atoms with Gasteiger partial charge in [0.2, 0.25) is 23.6 Å². The minimum Gasteiger partial charge on any atom is -0.463 e. The summed E-state index contributed by atoms with van der Waals surface area (Å²) in [5, 5.41) is 10.8. The Morgan fingerprint density at radius 3 is 2.31 bits per heavy atom. The summed E-state index contributed by atoms with van der Waals surface area (Å²) in [5.74, 6) is -4.47. The molecule has 8 rings (SSSR count). The maximum atomic E-state index is 15.2. The zero-order valence-corrected chi connectivity index (χ0v) is 27.3. The Bertz CT molecular complexity index is 2060. The number of aliphatic hydroxyl groups is 1. The van der Waals surface area contributed by atoms with Crippen LogP contribution in [-0.2, 0) is 31.2 Å². The Morgan fingerprint density at radius 1 is 0.833 bits per heavy atom. The predicted molar refractivity (Wildman–Crippen MR) is 179 cm³/mol. The largest absolute Gasteiger partial charge is 0.463 e. The molecular weight excluding hydrogens is 651 g/mol. The summed E-state index contributed by atoms with van der Waals surface area (Å²) in [6.07, 6.45) is 2.40. The normalized spacial score (nSPS) is 28.0. The average Bonchev–Trinajstić information content (AvgIpc) is 3.73. The lowest BCUT2D eigenvalue weighted by molar-refractivity contribution is -0.127. The van der Waals surface area contributed by atoms with Crippen molar-refractivity contribution < 1.29 is 28.7 Å². The van der Waals surface area contributed by atoms with Crippen molar-refractivity contribution in [3.8, 4) is 0 Å². The Labute approximate surface area is 286 Å². The Balaban J connectivity index is 1.33. The Hall–Kier alpha value is -4.50. The molecule has 4 aliphatic rings. The summed E-state index contributed by atoms with van der Waals surface area (Å²) < 4.78 is 6.22. The smallest absolute Gasteiger partial charge is 0.246 e. The summed E-state index contributed by atoms with van der Waals surface area (Å²) in [6, 6.07) is 24.3. The summed E-state index contributed by atoms with van der Waals surface area (Å²) in [4.78, 5) is 60.7. The number of allylic oxidation sites excluding steroid dienone is 2. The van der Waals surface area contributed by atoms with E-state index in [4.69, 9.17) is 27.6 Å². The number of amides is 4. The number of nitrogens with zero attached hydrogens (tertiary/aromatic N) is 2. The number of imide groups is 2. The third kappa shape index (κ3) is 4.25. The zero-order chi connectivity index (χ0) is 33.5. The Kier molecular flexibility index (Phi) is 7.25. The van der Waals surface area contributed by atoms with E-state index in [0.717, 1.165) is 11.1 Å². The molecule has 0 radical (unpaired) electrons. The third-order valence-electron chi connectivity index (χ3n) is 10.7. The van der Waals surface area contributed by atoms with Crippen LogP contribution in [0.25, 0.3) is 0 Å². The van der Waals surface area contributed by atoms with Crippen molar-refractivity contribution in [1.82, 2.24) is 0 Å². The van der Waals surface area contributed by atoms with Crippen molar-refractivity contribution in [1.29, 1.82) is 0 Å². The summed E-state index contributed by atoms with van der Waals surface area (Å²) in [7, 11) is 0. The number of benzene rings is 3. The molecule has 1 saturated carbocycles. The zero-order valence-electron chi connectivity index (χ0n) is 25.8. The van der Waals surface area contributed by atoms with Crippen molar-refractivity contribution in [2.45, 2.75) is 37.7 Å². The van der Waals surface area contributed by atoms with Gasteiger partial charge in [-0.05, 0) is 79.3 Å². The first-order chi connectivity index (χ1) is 23.2. The van der Waals surface area contributed by atoms with Gasteiger partial charge in [-0.25, -0.2) is 9.80 Å². The van der Waals surface area contributed by atoms with E-state index in [1.54, 1.807) is 54.6 Å². The number of fused-ring (bicyclic) bond motifs is 4. The van der Waals surface area contributed by atoms with Crippen LogP contribution in [0.2, 0.25) is 10.0 Å². The molecule has 0 spiro atoms. The first-order valence-electron chi connectivity index (χ1n) is 15.9. The summed E-state index contributed by atoms with van der Waals surface area (Å²) in [5.41, 5.74) is 1.53. The van der Waals surface area contributed by atoms with Crippen molar-refractivity contribution in [2.24, 2.45) is 23.7 Å². The molecule has 2 aliphatic heterocycles. The van der Waals surface area contributed by atoms with Crippen LogP contribution in [0.1, 0.15) is 41.4 Å². The van der Waals surface area contributed by atoms with Gasteiger partial charge in [-0.2, -0.15) is 0 Å². The fraction of sp³-hybridized carbons (Fsp3) is 0.263. The van der Waals surface area contributed by atoms with E-state index in [1.165, 1.54) is 9.80 Å². The third-order valence-corrected chi connectivity index (χ3v) is 11.3. The minimum absolute atomic E-state index is 0.162. The highest BCUT2D eigenvalue weighted by Crippen LogP contribution is 2.64. The number of hydrogen-bond donors (Lipinski definition) is 1. The molecule has 2 saturated heterocycles. The molecule has 1 aromatic heterocycles. The molecule has 4 aromatic rings. The number of halogens is 2. The second kappa shape index (κ2) is 11.3. The standard InChI is InChI=1S/C38H30Cl2N2O6/c1-20-10-11-24(17-30(20)40)41-34(44)27-14-13-26-28(32(27)36(41)46)18-29-35(45)42(23-9-5-8-22(39)16-23)37(47)38(29,21-6-3-2-4-7-21)33(26)31-15-12-25(19-43)48-31/h2-13,15-17,27-29,32-33,43H,14,18-19H2,1H3/t27-,28+,29-,32-,33+,38+/m0/s1. The predicted octanol–water partition coefficient (Wildman–Crippen LogP) is 6.75. The van der Waals surface area contributed by atoms with Crippen molar-refractivity contribution in [2.75, 3.05) is 9.80 Å². The van der Waals surface area contributed by atoms with Crippen LogP contribution < -0.4 is 9.80 Å². The van der Waals surface area contributed by atoms with E-state index in [2.05, 4.69) is 0 Å². The van der Waals surface area contributed by atoms with Gasteiger partial charge in [0.15, 0.2) is 0 Å². The molecular formula is C38H30Cl2N2O6. The van der Waals surface area contributed by atoms with Gasteiger partial charge < -0.3 is 9.52 Å². The van der Waals surface area contributed by atoms with Crippen molar-refractivity contribution in [3.63, 3.8) is 0 Å². The highest BCUT2D eigenvalue weighted by molar-refractivity contribution is 6.33. The van der Waals surface area contributed by atoms with Crippen LogP contribution in [0, 0.1) is 30.6 Å². The van der Waals surface area contributed by atoms with E-state index in [-0.39, 0.29) is 31.3 Å². The van der Waals surface area contributed by atoms with Crippen LogP contribution in [0.5, 0.6) is 0 Å². The van der Waals surface area contributed by atoms with Gasteiger partial charge in [0.25, 0.3) is 0 Å². The molecule has 48 heavy (non-hydrogen) atoms. The van der Waals surface area contributed by atoms with Gasteiger partial charge in [-0.15, -0.1) is 0 Å². The maximum absolute atomic E-state index is 15.2. The number of furan rings is 1. The number of aliphatic hydroxyl groups excluding tert-OH is 1. The van der Waals surface area contributed by atoms with Gasteiger partial charge in [-0.1, -0.05) is 77.3 Å². The van der Waals surface area contributed by atoms with Gasteiger partial charge in [0, 0.05) is 10.0 Å². The molecule has 6 atom stereocenters. The fourth-order valence-electron chi connectivity index (χ4n) is 8.66. The second-order valence-corrected chi connectivity index (χ2v) is 13.8. The number of aryl methyl sites for hydroxylation is 1. The number of anilines is 2. The lowest BCUT2D eigenvalue weighted by atomic mass is 9.50. The van der Waals surface area contributed by atoms with Gasteiger partial charge in [0.05, 0.1) is 35.0 Å². The fourth-order valence-corrected chi connectivity index (χ4v) is 9.02. The minimum atomic E-state index is -1.45. The van der Waals surface area contributed by atoms with E-state index in [0.29, 0.717) is 38.5 Å². The molecule has 3 aromatic carbocycles. The van der Waals surface area contributed by atoms with Crippen LogP contribution in [0.3, 0.4) is 0 Å². The summed E-state index contributed by atoms with van der Waals surface area (Å²) >= 11 is 12.8. The highest BCUT2D eigenvalue weighted by atomic mass is 35.5. The molecule has 3 fully saturated rings. The molecule has 0 bridgehead atoms. The summed E-state index contributed by atoms with van der Waals surface area (Å²) in [6.45, 7) is 1.49. The van der Waals surface area contributed by atoms with Crippen LogP contribution in [0.4, 0.5) is 11.4 Å². The second-order valence-electron chi connectivity index (χ2n) is 13.0.